The van der Waals surface area contributed by atoms with Crippen LogP contribution >= 0.6 is 11.6 Å². The summed E-state index contributed by atoms with van der Waals surface area (Å²) in [5.41, 5.74) is 13.8. The van der Waals surface area contributed by atoms with Gasteiger partial charge in [-0.3, -0.25) is 9.97 Å². The van der Waals surface area contributed by atoms with Crippen molar-refractivity contribution in [3.8, 4) is 11.3 Å². The van der Waals surface area contributed by atoms with Crippen LogP contribution in [-0.4, -0.2) is 38.1 Å². The van der Waals surface area contributed by atoms with Crippen LogP contribution in [0.1, 0.15) is 52.8 Å². The number of nitrogens with zero attached hydrogens (tertiary/aromatic N) is 5. The Morgan fingerprint density at radius 3 is 2.64 bits per heavy atom. The second-order valence-electron chi connectivity index (χ2n) is 9.40. The minimum absolute atomic E-state index is 0.00614. The summed E-state index contributed by atoms with van der Waals surface area (Å²) in [6, 6.07) is 4.04. The fourth-order valence-corrected chi connectivity index (χ4v) is 5.55. The molecule has 0 saturated carbocycles. The van der Waals surface area contributed by atoms with Crippen molar-refractivity contribution in [1.29, 1.82) is 0 Å². The molecule has 1 saturated heterocycles. The van der Waals surface area contributed by atoms with Crippen LogP contribution in [0.2, 0.25) is 5.02 Å². The van der Waals surface area contributed by atoms with Gasteiger partial charge in [-0.2, -0.15) is 0 Å². The van der Waals surface area contributed by atoms with E-state index in [0.717, 1.165) is 66.4 Å². The number of fused-ring (bicyclic) bond motifs is 1. The molecule has 0 radical (unpaired) electrons. The van der Waals surface area contributed by atoms with Gasteiger partial charge >= 0.3 is 0 Å². The summed E-state index contributed by atoms with van der Waals surface area (Å²) < 4.78 is 0. The third-order valence-electron chi connectivity index (χ3n) is 7.30. The van der Waals surface area contributed by atoms with E-state index in [1.165, 1.54) is 5.56 Å². The van der Waals surface area contributed by atoms with E-state index in [1.54, 1.807) is 6.20 Å². The number of halogens is 1. The maximum atomic E-state index is 10.1. The molecule has 1 spiro atoms. The summed E-state index contributed by atoms with van der Waals surface area (Å²) in [6.45, 7) is 7.30. The van der Waals surface area contributed by atoms with E-state index < -0.39 is 0 Å². The molecule has 8 heteroatoms. The highest BCUT2D eigenvalue weighted by molar-refractivity contribution is 6.33. The fourth-order valence-electron chi connectivity index (χ4n) is 5.35. The van der Waals surface area contributed by atoms with Crippen molar-refractivity contribution >= 4 is 17.4 Å². The third-order valence-corrected chi connectivity index (χ3v) is 7.78. The first-order chi connectivity index (χ1) is 15.8. The molecule has 2 aliphatic rings. The number of aliphatic hydroxyl groups is 1. The first kappa shape index (κ1) is 22.2. The van der Waals surface area contributed by atoms with E-state index in [1.807, 2.05) is 26.1 Å². The lowest BCUT2D eigenvalue weighted by Gasteiger charge is -2.42. The number of aryl methyl sites for hydroxylation is 3. The summed E-state index contributed by atoms with van der Waals surface area (Å²) in [6.07, 6.45) is 6.48. The largest absolute Gasteiger partial charge is 0.390 e. The maximum absolute atomic E-state index is 10.1. The van der Waals surface area contributed by atoms with Crippen molar-refractivity contribution < 1.29 is 5.11 Å². The molecule has 1 atom stereocenters. The number of piperidine rings is 1. The quantitative estimate of drug-likeness (QED) is 0.607. The lowest BCUT2D eigenvalue weighted by Crippen LogP contribution is -2.45. The van der Waals surface area contributed by atoms with E-state index in [4.69, 9.17) is 27.3 Å². The molecule has 1 unspecified atom stereocenters. The molecule has 1 fully saturated rings. The third kappa shape index (κ3) is 3.68. The number of rotatable bonds is 3. The summed E-state index contributed by atoms with van der Waals surface area (Å²) in [5.74, 6) is 0.744. The Morgan fingerprint density at radius 1 is 1.15 bits per heavy atom. The van der Waals surface area contributed by atoms with Crippen LogP contribution < -0.4 is 10.6 Å². The van der Waals surface area contributed by atoms with Crippen molar-refractivity contribution in [2.75, 3.05) is 18.0 Å². The Morgan fingerprint density at radius 2 is 1.91 bits per heavy atom. The minimum Gasteiger partial charge on any atom is -0.390 e. The van der Waals surface area contributed by atoms with Crippen LogP contribution in [0.5, 0.6) is 0 Å². The monoisotopic (exact) mass is 464 g/mol. The second-order valence-corrected chi connectivity index (χ2v) is 9.77. The maximum Gasteiger partial charge on any atom is 0.153 e. The van der Waals surface area contributed by atoms with Crippen molar-refractivity contribution in [3.63, 3.8) is 0 Å². The average molecular weight is 465 g/mol. The Labute approximate surface area is 199 Å². The highest BCUT2D eigenvalue weighted by atomic mass is 35.5. The van der Waals surface area contributed by atoms with Crippen LogP contribution in [0.15, 0.2) is 24.5 Å². The molecule has 1 aliphatic heterocycles. The highest BCUT2D eigenvalue weighted by Crippen LogP contribution is 2.50. The first-order valence-corrected chi connectivity index (χ1v) is 11.8. The van der Waals surface area contributed by atoms with Crippen molar-refractivity contribution in [2.24, 2.45) is 11.1 Å². The van der Waals surface area contributed by atoms with Crippen LogP contribution in [0.3, 0.4) is 0 Å². The van der Waals surface area contributed by atoms with Gasteiger partial charge in [0, 0.05) is 42.8 Å². The summed E-state index contributed by atoms with van der Waals surface area (Å²) in [7, 11) is 0. The fraction of sp³-hybridized carbons (Fsp3) is 0.440. The Balaban J connectivity index is 1.41. The minimum atomic E-state index is -0.187. The van der Waals surface area contributed by atoms with Gasteiger partial charge in [0.2, 0.25) is 0 Å². The molecular formula is C25H29ClN6O. The summed E-state index contributed by atoms with van der Waals surface area (Å²) in [5, 5.41) is 10.7. The SMILES string of the molecule is Cc1cnc2c(c1)C(N)C1(CCN(c3nc(C)c(-c4ccnc(C)c4Cl)nc3CO)CC1)C2. The number of hydrogen-bond donors (Lipinski definition) is 2. The van der Waals surface area contributed by atoms with E-state index in [0.29, 0.717) is 16.4 Å². The first-order valence-electron chi connectivity index (χ1n) is 11.4. The van der Waals surface area contributed by atoms with Gasteiger partial charge in [-0.25, -0.2) is 9.97 Å². The van der Waals surface area contributed by atoms with Crippen LogP contribution in [-0.2, 0) is 13.0 Å². The standard InChI is InChI=1S/C25H29ClN6O/c1-14-10-18-19(29-12-14)11-25(23(18)27)5-8-32(9-6-25)24-20(13-33)31-22(16(3)30-24)17-4-7-28-15(2)21(17)26/h4,7,10,12,23,33H,5-6,8-9,11,13,27H2,1-3H3. The molecule has 172 valence electrons. The Hall–Kier alpha value is -2.61. The lowest BCUT2D eigenvalue weighted by atomic mass is 9.73. The van der Waals surface area contributed by atoms with Gasteiger partial charge in [-0.15, -0.1) is 0 Å². The number of hydrogen-bond acceptors (Lipinski definition) is 7. The van der Waals surface area contributed by atoms with Gasteiger partial charge in [-0.1, -0.05) is 17.7 Å². The normalized spacial score (nSPS) is 19.2. The summed E-state index contributed by atoms with van der Waals surface area (Å²) >= 11 is 6.49. The van der Waals surface area contributed by atoms with Crippen LogP contribution in [0.25, 0.3) is 11.3 Å². The van der Waals surface area contributed by atoms with Gasteiger partial charge in [-0.05, 0) is 62.6 Å². The van der Waals surface area contributed by atoms with Crippen molar-refractivity contribution in [1.82, 2.24) is 19.9 Å². The van der Waals surface area contributed by atoms with Gasteiger partial charge in [0.15, 0.2) is 5.82 Å². The molecule has 33 heavy (non-hydrogen) atoms. The zero-order valence-electron chi connectivity index (χ0n) is 19.3. The molecule has 3 N–H and O–H groups in total. The predicted molar refractivity (Wildman–Crippen MR) is 129 cm³/mol. The molecule has 3 aromatic heterocycles. The Kier molecular flexibility index (Phi) is 5.59. The number of nitrogens with two attached hydrogens (primary N) is 1. The molecule has 0 amide bonds. The number of pyridine rings is 2. The summed E-state index contributed by atoms with van der Waals surface area (Å²) in [4.78, 5) is 20.8. The van der Waals surface area contributed by atoms with E-state index in [-0.39, 0.29) is 18.1 Å². The highest BCUT2D eigenvalue weighted by Gasteiger charge is 2.47. The van der Waals surface area contributed by atoms with Gasteiger partial charge < -0.3 is 15.7 Å². The van der Waals surface area contributed by atoms with Gasteiger partial charge in [0.05, 0.1) is 28.7 Å². The van der Waals surface area contributed by atoms with E-state index in [9.17, 15) is 5.11 Å². The topological polar surface area (TPSA) is 101 Å². The van der Waals surface area contributed by atoms with Crippen LogP contribution in [0.4, 0.5) is 5.82 Å². The molecule has 4 heterocycles. The van der Waals surface area contributed by atoms with Crippen LogP contribution in [0, 0.1) is 26.2 Å². The van der Waals surface area contributed by atoms with Crippen molar-refractivity contribution in [3.05, 3.63) is 63.5 Å². The van der Waals surface area contributed by atoms with Gasteiger partial charge in [0.1, 0.15) is 5.69 Å². The van der Waals surface area contributed by atoms with E-state index in [2.05, 4.69) is 27.9 Å². The molecule has 1 aliphatic carbocycles. The molecule has 0 aromatic carbocycles. The lowest BCUT2D eigenvalue weighted by molar-refractivity contribution is 0.186. The zero-order chi connectivity index (χ0) is 23.3. The second kappa shape index (κ2) is 8.31. The average Bonchev–Trinajstić information content (AvgIpc) is 3.07. The molecule has 7 nitrogen and oxygen atoms in total. The smallest absolute Gasteiger partial charge is 0.153 e. The molecule has 3 aromatic rings. The predicted octanol–water partition coefficient (Wildman–Crippen LogP) is 3.85. The van der Waals surface area contributed by atoms with Gasteiger partial charge in [0.25, 0.3) is 0 Å². The zero-order valence-corrected chi connectivity index (χ0v) is 20.0. The number of aromatic nitrogens is 4. The molecule has 0 bridgehead atoms. The number of anilines is 1. The Bertz CT molecular complexity index is 1220. The number of aliphatic hydroxyl groups excluding tert-OH is 1. The van der Waals surface area contributed by atoms with Crippen molar-refractivity contribution in [2.45, 2.75) is 52.7 Å². The molecular weight excluding hydrogens is 436 g/mol. The molecule has 5 rings (SSSR count). The van der Waals surface area contributed by atoms with E-state index >= 15 is 0 Å².